The van der Waals surface area contributed by atoms with Crippen LogP contribution in [0.1, 0.15) is 35.4 Å². The van der Waals surface area contributed by atoms with Crippen molar-refractivity contribution in [3.05, 3.63) is 53.6 Å². The molecule has 1 aliphatic heterocycles. The van der Waals surface area contributed by atoms with E-state index in [1.807, 2.05) is 6.92 Å². The Kier molecular flexibility index (Phi) is 5.91. The predicted molar refractivity (Wildman–Crippen MR) is 93.8 cm³/mol. The minimum absolute atomic E-state index is 0.207. The number of alkyl halides is 4. The Morgan fingerprint density at radius 2 is 1.79 bits per heavy atom. The van der Waals surface area contributed by atoms with Crippen molar-refractivity contribution in [2.24, 2.45) is 0 Å². The molecule has 0 aliphatic carbocycles. The topological polar surface area (TPSA) is 50.8 Å². The van der Waals surface area contributed by atoms with Crippen molar-refractivity contribution < 1.29 is 31.8 Å². The second-order valence-corrected chi connectivity index (χ2v) is 6.05. The first-order valence-electron chi connectivity index (χ1n) is 8.60. The summed E-state index contributed by atoms with van der Waals surface area (Å²) in [6.07, 6.45) is -0.180. The Balaban J connectivity index is 2.05. The van der Waals surface area contributed by atoms with Gasteiger partial charge in [0.05, 0.1) is 5.56 Å². The Hall–Kier alpha value is -2.97. The van der Waals surface area contributed by atoms with Crippen LogP contribution in [0.2, 0.25) is 0 Å². The number of ether oxygens (including phenoxy) is 2. The molecule has 1 amide bonds. The van der Waals surface area contributed by atoms with Crippen LogP contribution in [0.25, 0.3) is 0 Å². The molecule has 2 aromatic carbocycles. The number of fused-ring (bicyclic) bond motifs is 1. The maximum absolute atomic E-state index is 12.9. The van der Waals surface area contributed by atoms with Gasteiger partial charge in [-0.3, -0.25) is 4.79 Å². The van der Waals surface area contributed by atoms with Gasteiger partial charge in [0.15, 0.2) is 0 Å². The summed E-state index contributed by atoms with van der Waals surface area (Å²) in [5, 5.41) is 3.14. The van der Waals surface area contributed by atoms with Gasteiger partial charge >= 0.3 is 13.2 Å². The lowest BCUT2D eigenvalue weighted by atomic mass is 10.0. The summed E-state index contributed by atoms with van der Waals surface area (Å²) >= 11 is 0. The van der Waals surface area contributed by atoms with E-state index in [-0.39, 0.29) is 23.0 Å². The molecule has 0 spiro atoms. The highest BCUT2D eigenvalue weighted by molar-refractivity contribution is 6.01. The molecule has 0 bridgehead atoms. The third-order valence-corrected chi connectivity index (χ3v) is 4.21. The molecular weight excluding hydrogens is 380 g/mol. The zero-order valence-corrected chi connectivity index (χ0v) is 14.9. The molecule has 0 fully saturated rings. The van der Waals surface area contributed by atoms with E-state index >= 15 is 0 Å². The molecule has 28 heavy (non-hydrogen) atoms. The van der Waals surface area contributed by atoms with Crippen LogP contribution in [-0.2, 0) is 0 Å². The minimum atomic E-state index is -3.17. The van der Waals surface area contributed by atoms with Crippen LogP contribution < -0.4 is 14.8 Å². The molecule has 1 heterocycles. The van der Waals surface area contributed by atoms with Gasteiger partial charge in [-0.25, -0.2) is 0 Å². The van der Waals surface area contributed by atoms with Crippen LogP contribution in [0, 0.1) is 0 Å². The lowest BCUT2D eigenvalue weighted by Crippen LogP contribution is -2.43. The fourth-order valence-electron chi connectivity index (χ4n) is 3.12. The van der Waals surface area contributed by atoms with E-state index in [1.165, 1.54) is 17.0 Å². The van der Waals surface area contributed by atoms with E-state index < -0.39 is 19.4 Å². The molecule has 150 valence electrons. The highest BCUT2D eigenvalue weighted by Gasteiger charge is 2.34. The Morgan fingerprint density at radius 3 is 2.46 bits per heavy atom. The number of benzene rings is 2. The number of halogens is 4. The molecule has 1 atom stereocenters. The summed E-state index contributed by atoms with van der Waals surface area (Å²) in [5.41, 5.74) is 1.21. The number of nitrogens with one attached hydrogen (secondary N) is 1. The number of hydrogen-bond acceptors (Lipinski definition) is 4. The molecule has 0 saturated heterocycles. The second kappa shape index (κ2) is 8.37. The zero-order valence-electron chi connectivity index (χ0n) is 14.9. The van der Waals surface area contributed by atoms with Gasteiger partial charge in [-0.2, -0.15) is 17.6 Å². The summed E-state index contributed by atoms with van der Waals surface area (Å²) in [4.78, 5) is 14.4. The highest BCUT2D eigenvalue weighted by atomic mass is 19.3. The third-order valence-electron chi connectivity index (χ3n) is 4.21. The van der Waals surface area contributed by atoms with Crippen LogP contribution in [-0.4, -0.2) is 30.6 Å². The van der Waals surface area contributed by atoms with Gasteiger partial charge < -0.3 is 19.7 Å². The number of rotatable bonds is 7. The monoisotopic (exact) mass is 398 g/mol. The number of carbonyl (C=O) groups is 1. The van der Waals surface area contributed by atoms with Crippen molar-refractivity contribution in [3.8, 4) is 11.5 Å². The van der Waals surface area contributed by atoms with Crippen LogP contribution >= 0.6 is 0 Å². The molecule has 2 aromatic rings. The molecule has 3 rings (SSSR count). The largest absolute Gasteiger partial charge is 0.435 e. The zero-order chi connectivity index (χ0) is 20.3. The van der Waals surface area contributed by atoms with Crippen LogP contribution in [0.15, 0.2) is 42.5 Å². The third kappa shape index (κ3) is 4.13. The van der Waals surface area contributed by atoms with Gasteiger partial charge in [-0.15, -0.1) is 0 Å². The molecule has 9 heteroatoms. The van der Waals surface area contributed by atoms with Gasteiger partial charge in [0.25, 0.3) is 5.91 Å². The standard InChI is InChI=1S/C19H18F4N2O3/c1-2-9-25-16(24-14-6-4-3-5-12(14)17(25)26)13-8-7-11(27-18(20)21)10-15(13)28-19(22)23/h3-8,10,16,18-19,24H,2,9H2,1H3/t16-/m0/s1. The summed E-state index contributed by atoms with van der Waals surface area (Å²) in [6, 6.07) is 10.3. The van der Waals surface area contributed by atoms with Gasteiger partial charge in [-0.05, 0) is 30.7 Å². The fourth-order valence-corrected chi connectivity index (χ4v) is 3.12. The molecular formula is C19H18F4N2O3. The fraction of sp³-hybridized carbons (Fsp3) is 0.316. The molecule has 1 aliphatic rings. The summed E-state index contributed by atoms with van der Waals surface area (Å²) in [6.45, 7) is -4.05. The van der Waals surface area contributed by atoms with E-state index in [1.54, 1.807) is 24.3 Å². The number of para-hydroxylation sites is 1. The number of amides is 1. The van der Waals surface area contributed by atoms with Crippen LogP contribution in [0.5, 0.6) is 11.5 Å². The number of anilines is 1. The molecule has 0 aromatic heterocycles. The molecule has 0 unspecified atom stereocenters. The summed E-state index contributed by atoms with van der Waals surface area (Å²) < 4.78 is 59.6. The quantitative estimate of drug-likeness (QED) is 0.677. The molecule has 5 nitrogen and oxygen atoms in total. The van der Waals surface area contributed by atoms with Crippen LogP contribution in [0.4, 0.5) is 23.2 Å². The maximum Gasteiger partial charge on any atom is 0.387 e. The van der Waals surface area contributed by atoms with Crippen molar-refractivity contribution in [1.82, 2.24) is 4.90 Å². The first kappa shape index (κ1) is 19.8. The SMILES string of the molecule is CCCN1C(=O)c2ccccc2N[C@@H]1c1ccc(OC(F)F)cc1OC(F)F. The molecule has 0 saturated carbocycles. The van der Waals surface area contributed by atoms with Crippen molar-refractivity contribution in [1.29, 1.82) is 0 Å². The summed E-state index contributed by atoms with van der Waals surface area (Å²) in [7, 11) is 0. The second-order valence-electron chi connectivity index (χ2n) is 6.05. The van der Waals surface area contributed by atoms with E-state index in [4.69, 9.17) is 0 Å². The first-order valence-corrected chi connectivity index (χ1v) is 8.60. The Morgan fingerprint density at radius 1 is 1.07 bits per heavy atom. The first-order chi connectivity index (χ1) is 13.4. The van der Waals surface area contributed by atoms with Gasteiger partial charge in [0, 0.05) is 23.9 Å². The number of hydrogen-bond donors (Lipinski definition) is 1. The van der Waals surface area contributed by atoms with Gasteiger partial charge in [0.2, 0.25) is 0 Å². The summed E-state index contributed by atoms with van der Waals surface area (Å²) in [5.74, 6) is -0.935. The normalized spacial score (nSPS) is 16.2. The minimum Gasteiger partial charge on any atom is -0.435 e. The van der Waals surface area contributed by atoms with Crippen molar-refractivity contribution in [3.63, 3.8) is 0 Å². The van der Waals surface area contributed by atoms with Crippen molar-refractivity contribution in [2.45, 2.75) is 32.7 Å². The number of nitrogens with zero attached hydrogens (tertiary/aromatic N) is 1. The predicted octanol–water partition coefficient (Wildman–Crippen LogP) is 4.87. The number of carbonyl (C=O) groups excluding carboxylic acids is 1. The van der Waals surface area contributed by atoms with E-state index in [0.717, 1.165) is 6.07 Å². The van der Waals surface area contributed by atoms with E-state index in [9.17, 15) is 22.4 Å². The molecule has 1 N–H and O–H groups in total. The van der Waals surface area contributed by atoms with E-state index in [0.29, 0.717) is 24.2 Å². The lowest BCUT2D eigenvalue weighted by molar-refractivity contribution is -0.0549. The smallest absolute Gasteiger partial charge is 0.387 e. The lowest BCUT2D eigenvalue weighted by Gasteiger charge is -2.38. The van der Waals surface area contributed by atoms with Crippen molar-refractivity contribution in [2.75, 3.05) is 11.9 Å². The molecule has 0 radical (unpaired) electrons. The van der Waals surface area contributed by atoms with E-state index in [2.05, 4.69) is 14.8 Å². The maximum atomic E-state index is 12.9. The highest BCUT2D eigenvalue weighted by Crippen LogP contribution is 2.39. The Bertz CT molecular complexity index is 848. The van der Waals surface area contributed by atoms with Gasteiger partial charge in [0.1, 0.15) is 17.7 Å². The Labute approximate surface area is 158 Å². The average Bonchev–Trinajstić information content (AvgIpc) is 2.63. The average molecular weight is 398 g/mol. The van der Waals surface area contributed by atoms with Crippen LogP contribution in [0.3, 0.4) is 0 Å². The van der Waals surface area contributed by atoms with Gasteiger partial charge in [-0.1, -0.05) is 19.1 Å². The van der Waals surface area contributed by atoms with Crippen molar-refractivity contribution >= 4 is 11.6 Å².